The molecule has 1 aromatic rings. The van der Waals surface area contributed by atoms with Gasteiger partial charge in [0.2, 0.25) is 11.8 Å². The van der Waals surface area contributed by atoms with E-state index in [0.29, 0.717) is 6.54 Å². The van der Waals surface area contributed by atoms with Crippen LogP contribution in [0.5, 0.6) is 0 Å². The first-order valence-corrected chi connectivity index (χ1v) is 6.58. The number of carbonyl (C=O) groups excluding carboxylic acids is 2. The second kappa shape index (κ2) is 6.92. The monoisotopic (exact) mass is 262 g/mol. The minimum absolute atomic E-state index is 0.0691. The lowest BCUT2D eigenvalue weighted by Crippen LogP contribution is -2.40. The Kier molecular flexibility index (Phi) is 5.55. The standard InChI is InChI=1S/C15H22N2O2/c1-5-9-16-15(19)10-17(13(4)18)14-8-6-7-11(2)12(14)3/h6-8H,5,9-10H2,1-4H3,(H,16,19). The zero-order chi connectivity index (χ0) is 14.4. The lowest BCUT2D eigenvalue weighted by atomic mass is 10.1. The Morgan fingerprint density at radius 1 is 1.26 bits per heavy atom. The van der Waals surface area contributed by atoms with Gasteiger partial charge in [-0.2, -0.15) is 0 Å². The van der Waals surface area contributed by atoms with Gasteiger partial charge in [-0.15, -0.1) is 0 Å². The lowest BCUT2D eigenvalue weighted by molar-refractivity contribution is -0.123. The van der Waals surface area contributed by atoms with Crippen molar-refractivity contribution in [2.24, 2.45) is 0 Å². The van der Waals surface area contributed by atoms with Crippen molar-refractivity contribution in [3.63, 3.8) is 0 Å². The Morgan fingerprint density at radius 3 is 2.53 bits per heavy atom. The van der Waals surface area contributed by atoms with E-state index in [1.54, 1.807) is 0 Å². The second-order valence-corrected chi connectivity index (χ2v) is 4.67. The van der Waals surface area contributed by atoms with Crippen molar-refractivity contribution in [1.82, 2.24) is 5.32 Å². The van der Waals surface area contributed by atoms with E-state index < -0.39 is 0 Å². The molecule has 0 saturated carbocycles. The summed E-state index contributed by atoms with van der Waals surface area (Å²) in [5.74, 6) is -0.252. The fraction of sp³-hybridized carbons (Fsp3) is 0.467. The maximum Gasteiger partial charge on any atom is 0.240 e. The molecule has 0 fully saturated rings. The molecule has 4 nitrogen and oxygen atoms in total. The van der Waals surface area contributed by atoms with Crippen LogP contribution in [0.4, 0.5) is 5.69 Å². The fourth-order valence-electron chi connectivity index (χ4n) is 1.86. The summed E-state index contributed by atoms with van der Waals surface area (Å²) in [7, 11) is 0. The number of hydrogen-bond donors (Lipinski definition) is 1. The highest BCUT2D eigenvalue weighted by molar-refractivity contribution is 5.98. The van der Waals surface area contributed by atoms with Crippen LogP contribution in [0.25, 0.3) is 0 Å². The highest BCUT2D eigenvalue weighted by atomic mass is 16.2. The number of aryl methyl sites for hydroxylation is 1. The van der Waals surface area contributed by atoms with Gasteiger partial charge < -0.3 is 10.2 Å². The Bertz CT molecular complexity index is 469. The molecule has 0 aliphatic rings. The van der Waals surface area contributed by atoms with Crippen molar-refractivity contribution in [3.05, 3.63) is 29.3 Å². The van der Waals surface area contributed by atoms with Crippen molar-refractivity contribution in [3.8, 4) is 0 Å². The summed E-state index contributed by atoms with van der Waals surface area (Å²) >= 11 is 0. The number of carbonyl (C=O) groups is 2. The Morgan fingerprint density at radius 2 is 1.95 bits per heavy atom. The fourth-order valence-corrected chi connectivity index (χ4v) is 1.86. The molecule has 104 valence electrons. The largest absolute Gasteiger partial charge is 0.355 e. The van der Waals surface area contributed by atoms with Gasteiger partial charge in [0, 0.05) is 19.2 Å². The number of rotatable bonds is 5. The highest BCUT2D eigenvalue weighted by Gasteiger charge is 2.17. The Balaban J connectivity index is 2.92. The van der Waals surface area contributed by atoms with Crippen molar-refractivity contribution in [2.75, 3.05) is 18.0 Å². The van der Waals surface area contributed by atoms with Crippen LogP contribution in [0.3, 0.4) is 0 Å². The molecular weight excluding hydrogens is 240 g/mol. The van der Waals surface area contributed by atoms with Crippen LogP contribution < -0.4 is 10.2 Å². The van der Waals surface area contributed by atoms with Gasteiger partial charge in [-0.05, 0) is 37.5 Å². The van der Waals surface area contributed by atoms with E-state index in [9.17, 15) is 9.59 Å². The van der Waals surface area contributed by atoms with Crippen LogP contribution in [0, 0.1) is 13.8 Å². The van der Waals surface area contributed by atoms with E-state index >= 15 is 0 Å². The SMILES string of the molecule is CCCNC(=O)CN(C(C)=O)c1cccc(C)c1C. The molecule has 4 heteroatoms. The van der Waals surface area contributed by atoms with Gasteiger partial charge in [0.1, 0.15) is 6.54 Å². The average molecular weight is 262 g/mol. The molecule has 0 saturated heterocycles. The second-order valence-electron chi connectivity index (χ2n) is 4.67. The van der Waals surface area contributed by atoms with Gasteiger partial charge in [0.15, 0.2) is 0 Å². The van der Waals surface area contributed by atoms with Gasteiger partial charge in [0.05, 0.1) is 0 Å². The molecule has 19 heavy (non-hydrogen) atoms. The summed E-state index contributed by atoms with van der Waals surface area (Å²) in [6.07, 6.45) is 0.884. The first kappa shape index (κ1) is 15.2. The topological polar surface area (TPSA) is 49.4 Å². The first-order valence-electron chi connectivity index (χ1n) is 6.58. The Hall–Kier alpha value is -1.84. The van der Waals surface area contributed by atoms with Crippen LogP contribution in [-0.2, 0) is 9.59 Å². The molecular formula is C15H22N2O2. The molecule has 0 radical (unpaired) electrons. The summed E-state index contributed by atoms with van der Waals surface area (Å²) in [6.45, 7) is 8.14. The molecule has 0 aromatic heterocycles. The third kappa shape index (κ3) is 4.09. The number of hydrogen-bond acceptors (Lipinski definition) is 2. The number of nitrogens with one attached hydrogen (secondary N) is 1. The predicted octanol–water partition coefficient (Wildman–Crippen LogP) is 2.18. The number of anilines is 1. The third-order valence-corrected chi connectivity index (χ3v) is 3.12. The summed E-state index contributed by atoms with van der Waals surface area (Å²) in [4.78, 5) is 25.1. The molecule has 0 unspecified atom stereocenters. The molecule has 1 rings (SSSR count). The van der Waals surface area contributed by atoms with Crippen LogP contribution in [0.1, 0.15) is 31.4 Å². The molecule has 0 aliphatic carbocycles. The van der Waals surface area contributed by atoms with Gasteiger partial charge >= 0.3 is 0 Å². The quantitative estimate of drug-likeness (QED) is 0.884. The summed E-state index contributed by atoms with van der Waals surface area (Å²) in [5.41, 5.74) is 2.94. The maximum absolute atomic E-state index is 11.8. The molecule has 1 N–H and O–H groups in total. The number of benzene rings is 1. The maximum atomic E-state index is 11.8. The molecule has 0 bridgehead atoms. The predicted molar refractivity (Wildman–Crippen MR) is 77.2 cm³/mol. The van der Waals surface area contributed by atoms with E-state index in [2.05, 4.69) is 5.32 Å². The molecule has 1 aromatic carbocycles. The van der Waals surface area contributed by atoms with Gasteiger partial charge in [-0.3, -0.25) is 9.59 Å². The van der Waals surface area contributed by atoms with Gasteiger partial charge in [-0.25, -0.2) is 0 Å². The minimum atomic E-state index is -0.127. The minimum Gasteiger partial charge on any atom is -0.355 e. The van der Waals surface area contributed by atoms with Gasteiger partial charge in [0.25, 0.3) is 0 Å². The molecule has 0 atom stereocenters. The van der Waals surface area contributed by atoms with E-state index in [4.69, 9.17) is 0 Å². The van der Waals surface area contributed by atoms with Crippen molar-refractivity contribution < 1.29 is 9.59 Å². The molecule has 0 spiro atoms. The summed E-state index contributed by atoms with van der Waals surface area (Å²) in [6, 6.07) is 5.77. The third-order valence-electron chi connectivity index (χ3n) is 3.12. The van der Waals surface area contributed by atoms with Gasteiger partial charge in [-0.1, -0.05) is 19.1 Å². The van der Waals surface area contributed by atoms with Crippen LogP contribution >= 0.6 is 0 Å². The van der Waals surface area contributed by atoms with Crippen molar-refractivity contribution in [2.45, 2.75) is 34.1 Å². The highest BCUT2D eigenvalue weighted by Crippen LogP contribution is 2.22. The van der Waals surface area contributed by atoms with E-state index in [1.165, 1.54) is 11.8 Å². The van der Waals surface area contributed by atoms with Crippen molar-refractivity contribution >= 4 is 17.5 Å². The molecule has 0 aliphatic heterocycles. The smallest absolute Gasteiger partial charge is 0.240 e. The number of amides is 2. The average Bonchev–Trinajstić information content (AvgIpc) is 2.37. The zero-order valence-corrected chi connectivity index (χ0v) is 12.1. The van der Waals surface area contributed by atoms with E-state index in [-0.39, 0.29) is 18.4 Å². The summed E-state index contributed by atoms with van der Waals surface area (Å²) in [5, 5.41) is 2.79. The number of nitrogens with zero attached hydrogens (tertiary/aromatic N) is 1. The first-order chi connectivity index (χ1) is 8.97. The zero-order valence-electron chi connectivity index (χ0n) is 12.1. The van der Waals surface area contributed by atoms with Crippen LogP contribution in [0.15, 0.2) is 18.2 Å². The van der Waals surface area contributed by atoms with Crippen LogP contribution in [0.2, 0.25) is 0 Å². The lowest BCUT2D eigenvalue weighted by Gasteiger charge is -2.23. The molecule has 2 amide bonds. The van der Waals surface area contributed by atoms with Crippen molar-refractivity contribution in [1.29, 1.82) is 0 Å². The molecule has 0 heterocycles. The Labute approximate surface area is 114 Å². The normalized spacial score (nSPS) is 10.1. The van der Waals surface area contributed by atoms with Crippen LogP contribution in [-0.4, -0.2) is 24.9 Å². The van der Waals surface area contributed by atoms with E-state index in [1.807, 2.05) is 39.0 Å². The summed E-state index contributed by atoms with van der Waals surface area (Å²) < 4.78 is 0. The van der Waals surface area contributed by atoms with E-state index in [0.717, 1.165) is 23.2 Å².